The van der Waals surface area contributed by atoms with Gasteiger partial charge in [-0.25, -0.2) is 0 Å². The lowest BCUT2D eigenvalue weighted by Crippen LogP contribution is -2.35. The fraction of sp³-hybridized carbons (Fsp3) is 0.133. The number of rotatable bonds is 7. The molecule has 3 aliphatic carbocycles. The summed E-state index contributed by atoms with van der Waals surface area (Å²) < 4.78 is 6.77. The molecule has 0 amide bonds. The van der Waals surface area contributed by atoms with Crippen LogP contribution in [0.3, 0.4) is 0 Å². The number of fused-ring (bicyclic) bond motifs is 9. The summed E-state index contributed by atoms with van der Waals surface area (Å²) in [5, 5.41) is 29.4. The number of hydrogen-bond acceptors (Lipinski definition) is 3. The average molecular weight is 851 g/mol. The summed E-state index contributed by atoms with van der Waals surface area (Å²) in [6.07, 6.45) is 27.5. The van der Waals surface area contributed by atoms with E-state index in [4.69, 9.17) is 0 Å². The second-order valence-corrected chi connectivity index (χ2v) is 17.6. The van der Waals surface area contributed by atoms with Crippen molar-refractivity contribution in [2.45, 2.75) is 52.0 Å². The van der Waals surface area contributed by atoms with E-state index in [1.807, 2.05) is 18.2 Å². The van der Waals surface area contributed by atoms with Gasteiger partial charge in [0.25, 0.3) is 0 Å². The number of benzene rings is 6. The highest BCUT2D eigenvalue weighted by molar-refractivity contribution is 6.15. The van der Waals surface area contributed by atoms with Crippen LogP contribution in [0, 0.1) is 29.6 Å². The van der Waals surface area contributed by atoms with Gasteiger partial charge in [0.05, 0.1) is 50.6 Å². The van der Waals surface area contributed by atoms with E-state index >= 15 is 0 Å². The van der Waals surface area contributed by atoms with Crippen molar-refractivity contribution < 1.29 is 0 Å². The van der Waals surface area contributed by atoms with Crippen molar-refractivity contribution in [3.63, 3.8) is 0 Å². The number of aryl methyl sites for hydroxylation is 1. The number of allylic oxidation sites excluding steroid dienone is 8. The molecule has 3 aliphatic rings. The van der Waals surface area contributed by atoms with E-state index in [0.717, 1.165) is 82.0 Å². The molecule has 1 unspecified atom stereocenters. The second-order valence-electron chi connectivity index (χ2n) is 17.6. The van der Waals surface area contributed by atoms with Crippen LogP contribution in [0.25, 0.3) is 83.6 Å². The Morgan fingerprint density at radius 3 is 2.18 bits per heavy atom. The summed E-state index contributed by atoms with van der Waals surface area (Å²) in [5.41, 5.74) is 14.7. The maximum Gasteiger partial charge on any atom is 0.101 e. The zero-order valence-electron chi connectivity index (χ0n) is 37.0. The highest BCUT2D eigenvalue weighted by atomic mass is 15.2. The smallest absolute Gasteiger partial charge is 0.101 e. The van der Waals surface area contributed by atoms with E-state index in [1.165, 1.54) is 44.1 Å². The summed E-state index contributed by atoms with van der Waals surface area (Å²) in [6, 6.07) is 45.7. The average Bonchev–Trinajstić information content (AvgIpc) is 3.98. The van der Waals surface area contributed by atoms with Crippen LogP contribution in [0.15, 0.2) is 175 Å². The van der Waals surface area contributed by atoms with Gasteiger partial charge < -0.3 is 18.6 Å². The van der Waals surface area contributed by atoms with Crippen molar-refractivity contribution in [3.8, 4) is 29.2 Å². The summed E-state index contributed by atoms with van der Waals surface area (Å²) >= 11 is 0. The van der Waals surface area contributed by atoms with Gasteiger partial charge in [-0.1, -0.05) is 103 Å². The normalized spacial score (nSPS) is 15.8. The van der Waals surface area contributed by atoms with Crippen LogP contribution in [0.5, 0.6) is 0 Å². The molecule has 1 atom stereocenters. The summed E-state index contributed by atoms with van der Waals surface area (Å²) in [7, 11) is 0. The minimum absolute atomic E-state index is 0.0948. The first-order chi connectivity index (χ1) is 32.6. The molecule has 6 aromatic carbocycles. The van der Waals surface area contributed by atoms with Gasteiger partial charge in [-0.2, -0.15) is 10.5 Å². The molecule has 3 aromatic heterocycles. The molecule has 0 fully saturated rings. The largest absolute Gasteiger partial charge is 0.338 e. The van der Waals surface area contributed by atoms with Crippen LogP contribution in [-0.2, 0) is 6.42 Å². The quantitative estimate of drug-likeness (QED) is 0.160. The van der Waals surface area contributed by atoms with Gasteiger partial charge in [0, 0.05) is 50.0 Å². The van der Waals surface area contributed by atoms with Gasteiger partial charge in [-0.05, 0) is 141 Å². The fourth-order valence-electron chi connectivity index (χ4n) is 11.1. The molecule has 9 aromatic rings. The Balaban J connectivity index is 1.09. The van der Waals surface area contributed by atoms with Gasteiger partial charge in [0.15, 0.2) is 0 Å². The maximum atomic E-state index is 11.3. The summed E-state index contributed by atoms with van der Waals surface area (Å²) in [5.74, 6) is 0. The SMILES string of the molecule is C/C=C\c1c(C)c2cc3c4ccccc4n(-c4cc(C#N)c(-n5c6c(c7c8ccccc8ccc75)CC(N(C5=CCCC=C5)C5=CC=CCC5)C=C6)cc4C#N)c3cc2n1-c1ccccc1. The lowest BCUT2D eigenvalue weighted by atomic mass is 9.92. The number of aromatic nitrogens is 3. The third-order valence-corrected chi connectivity index (χ3v) is 14.0. The molecule has 12 rings (SSSR count). The minimum Gasteiger partial charge on any atom is -0.338 e. The molecule has 0 aliphatic heterocycles. The second kappa shape index (κ2) is 15.7. The van der Waals surface area contributed by atoms with E-state index in [1.54, 1.807) is 0 Å². The molecule has 0 spiro atoms. The van der Waals surface area contributed by atoms with Crippen molar-refractivity contribution in [1.29, 1.82) is 10.5 Å². The van der Waals surface area contributed by atoms with Crippen molar-refractivity contribution in [3.05, 3.63) is 209 Å². The molecule has 0 bridgehead atoms. The third-order valence-electron chi connectivity index (χ3n) is 14.0. The third kappa shape index (κ3) is 5.99. The van der Waals surface area contributed by atoms with Crippen molar-refractivity contribution in [2.75, 3.05) is 0 Å². The maximum absolute atomic E-state index is 11.3. The molecule has 66 heavy (non-hydrogen) atoms. The Hall–Kier alpha value is -8.32. The van der Waals surface area contributed by atoms with Crippen LogP contribution in [0.2, 0.25) is 0 Å². The highest BCUT2D eigenvalue weighted by Gasteiger charge is 2.31. The lowest BCUT2D eigenvalue weighted by molar-refractivity contribution is 0.353. The number of nitrogens with zero attached hydrogens (tertiary/aromatic N) is 6. The van der Waals surface area contributed by atoms with Crippen LogP contribution in [0.4, 0.5) is 0 Å². The van der Waals surface area contributed by atoms with Crippen LogP contribution >= 0.6 is 0 Å². The van der Waals surface area contributed by atoms with Crippen molar-refractivity contribution >= 4 is 66.5 Å². The monoisotopic (exact) mass is 850 g/mol. The first-order valence-electron chi connectivity index (χ1n) is 23.1. The van der Waals surface area contributed by atoms with Crippen LogP contribution in [0.1, 0.15) is 66.2 Å². The van der Waals surface area contributed by atoms with E-state index in [-0.39, 0.29) is 6.04 Å². The molecule has 0 radical (unpaired) electrons. The summed E-state index contributed by atoms with van der Waals surface area (Å²) in [4.78, 5) is 2.55. The highest BCUT2D eigenvalue weighted by Crippen LogP contribution is 2.44. The predicted molar refractivity (Wildman–Crippen MR) is 272 cm³/mol. The van der Waals surface area contributed by atoms with Crippen LogP contribution in [-0.4, -0.2) is 24.6 Å². The standard InChI is InChI=1S/C60H46N6/c1-3-17-52-39(2)49-35-50-48-26-15-16-27-53(48)66(59(50)36-58(49)64(52)45-23-11-6-12-24-45)57-33-41(37-61)56(32-42(57)38-62)65-54-31-29-46(63(43-19-7-4-8-20-43)44-21-9-5-10-22-44)34-51(54)60-47-25-14-13-18-40(47)28-30-55(60)65/h3-4,6-7,9,11-19,21-33,35-36,46H,5,8,10,20,34H2,1-2H3/b17-3-. The number of para-hydroxylation sites is 2. The molecule has 0 saturated heterocycles. The lowest BCUT2D eigenvalue weighted by Gasteiger charge is -2.37. The van der Waals surface area contributed by atoms with Crippen LogP contribution < -0.4 is 0 Å². The Bertz CT molecular complexity index is 3780. The Labute approximate surface area is 384 Å². The van der Waals surface area contributed by atoms with E-state index in [0.29, 0.717) is 22.5 Å². The van der Waals surface area contributed by atoms with Gasteiger partial charge >= 0.3 is 0 Å². The predicted octanol–water partition coefficient (Wildman–Crippen LogP) is 14.6. The molecular weight excluding hydrogens is 805 g/mol. The molecule has 0 saturated carbocycles. The molecule has 6 nitrogen and oxygen atoms in total. The molecule has 316 valence electrons. The zero-order valence-corrected chi connectivity index (χ0v) is 37.0. The molecule has 0 N–H and O–H groups in total. The number of hydrogen-bond donors (Lipinski definition) is 0. The number of nitriles is 2. The van der Waals surface area contributed by atoms with Gasteiger partial charge in [0.2, 0.25) is 0 Å². The Morgan fingerprint density at radius 1 is 0.667 bits per heavy atom. The molecule has 6 heteroatoms. The Kier molecular flexibility index (Phi) is 9.37. The first kappa shape index (κ1) is 39.3. The topological polar surface area (TPSA) is 65.6 Å². The Morgan fingerprint density at radius 2 is 1.42 bits per heavy atom. The van der Waals surface area contributed by atoms with Crippen molar-refractivity contribution in [2.24, 2.45) is 0 Å². The summed E-state index contributed by atoms with van der Waals surface area (Å²) in [6.45, 7) is 4.25. The molecule has 3 heterocycles. The van der Waals surface area contributed by atoms with E-state index in [2.05, 4.69) is 202 Å². The van der Waals surface area contributed by atoms with E-state index in [9.17, 15) is 10.5 Å². The zero-order chi connectivity index (χ0) is 44.5. The minimum atomic E-state index is 0.0948. The van der Waals surface area contributed by atoms with Gasteiger partial charge in [0.1, 0.15) is 12.1 Å². The van der Waals surface area contributed by atoms with Gasteiger partial charge in [-0.3, -0.25) is 0 Å². The fourth-order valence-corrected chi connectivity index (χ4v) is 11.1. The first-order valence-corrected chi connectivity index (χ1v) is 23.1. The van der Waals surface area contributed by atoms with E-state index < -0.39 is 0 Å². The van der Waals surface area contributed by atoms with Crippen molar-refractivity contribution in [1.82, 2.24) is 18.6 Å². The van der Waals surface area contributed by atoms with Gasteiger partial charge in [-0.15, -0.1) is 0 Å². The molecular formula is C60H46N6.